The van der Waals surface area contributed by atoms with Gasteiger partial charge >= 0.3 is 5.97 Å². The molecule has 0 aliphatic heterocycles. The van der Waals surface area contributed by atoms with Crippen molar-refractivity contribution in [3.8, 4) is 11.4 Å². The topological polar surface area (TPSA) is 84.1 Å². The lowest BCUT2D eigenvalue weighted by Crippen LogP contribution is -2.30. The smallest absolute Gasteiger partial charge is 0.338 e. The summed E-state index contributed by atoms with van der Waals surface area (Å²) in [4.78, 5) is 32.1. The molecule has 0 saturated heterocycles. The number of hydrogen-bond donors (Lipinski definition) is 2. The summed E-state index contributed by atoms with van der Waals surface area (Å²) in [5, 5.41) is 4.79. The Labute approximate surface area is 167 Å². The number of aromatic amines is 1. The number of imidazole rings is 1. The summed E-state index contributed by atoms with van der Waals surface area (Å²) >= 11 is 0. The van der Waals surface area contributed by atoms with Gasteiger partial charge in [-0.3, -0.25) is 4.79 Å². The standard InChI is InChI=1S/C23H19N3O3/c1-15(22(27)26-20-8-4-6-16-5-2-3-7-19(16)20)29-23(28)18-11-9-17(10-12-18)21-24-13-14-25-21/h2-15H,1H3,(H,24,25)(H,26,27). The summed E-state index contributed by atoms with van der Waals surface area (Å²) in [6, 6.07) is 20.3. The molecule has 0 bridgehead atoms. The predicted octanol–water partition coefficient (Wildman–Crippen LogP) is 4.41. The van der Waals surface area contributed by atoms with Crippen molar-refractivity contribution < 1.29 is 14.3 Å². The summed E-state index contributed by atoms with van der Waals surface area (Å²) in [6.45, 7) is 1.55. The number of aromatic nitrogens is 2. The lowest BCUT2D eigenvalue weighted by molar-refractivity contribution is -0.123. The fourth-order valence-electron chi connectivity index (χ4n) is 3.04. The van der Waals surface area contributed by atoms with Gasteiger partial charge in [-0.15, -0.1) is 0 Å². The van der Waals surface area contributed by atoms with Gasteiger partial charge in [0.1, 0.15) is 5.82 Å². The molecule has 6 heteroatoms. The van der Waals surface area contributed by atoms with Crippen LogP contribution in [0, 0.1) is 0 Å². The number of rotatable bonds is 5. The number of benzene rings is 3. The minimum Gasteiger partial charge on any atom is -0.449 e. The van der Waals surface area contributed by atoms with Gasteiger partial charge in [-0.2, -0.15) is 0 Å². The van der Waals surface area contributed by atoms with Crippen molar-refractivity contribution in [2.45, 2.75) is 13.0 Å². The Bertz CT molecular complexity index is 1150. The average Bonchev–Trinajstić information content (AvgIpc) is 3.29. The zero-order chi connectivity index (χ0) is 20.2. The van der Waals surface area contributed by atoms with E-state index in [1.54, 1.807) is 43.6 Å². The second-order valence-corrected chi connectivity index (χ2v) is 6.58. The van der Waals surface area contributed by atoms with E-state index in [0.29, 0.717) is 17.1 Å². The largest absolute Gasteiger partial charge is 0.449 e. The van der Waals surface area contributed by atoms with E-state index in [-0.39, 0.29) is 5.91 Å². The Morgan fingerprint density at radius 1 is 1.00 bits per heavy atom. The molecule has 0 aliphatic carbocycles. The molecule has 0 fully saturated rings. The van der Waals surface area contributed by atoms with Crippen LogP contribution in [0.25, 0.3) is 22.2 Å². The van der Waals surface area contributed by atoms with Gasteiger partial charge in [-0.1, -0.05) is 48.5 Å². The van der Waals surface area contributed by atoms with Crippen LogP contribution in [0.1, 0.15) is 17.3 Å². The zero-order valence-corrected chi connectivity index (χ0v) is 15.8. The van der Waals surface area contributed by atoms with E-state index in [0.717, 1.165) is 16.3 Å². The number of nitrogens with one attached hydrogen (secondary N) is 2. The van der Waals surface area contributed by atoms with E-state index in [4.69, 9.17) is 4.74 Å². The van der Waals surface area contributed by atoms with Crippen LogP contribution in [0.4, 0.5) is 5.69 Å². The van der Waals surface area contributed by atoms with Crippen LogP contribution < -0.4 is 5.32 Å². The lowest BCUT2D eigenvalue weighted by atomic mass is 10.1. The van der Waals surface area contributed by atoms with E-state index in [1.165, 1.54) is 0 Å². The number of fused-ring (bicyclic) bond motifs is 1. The van der Waals surface area contributed by atoms with Crippen LogP contribution >= 0.6 is 0 Å². The van der Waals surface area contributed by atoms with Gasteiger partial charge in [-0.05, 0) is 30.5 Å². The number of anilines is 1. The number of ether oxygens (including phenoxy) is 1. The van der Waals surface area contributed by atoms with E-state index in [9.17, 15) is 9.59 Å². The first-order valence-corrected chi connectivity index (χ1v) is 9.21. The predicted molar refractivity (Wildman–Crippen MR) is 111 cm³/mol. The van der Waals surface area contributed by atoms with Crippen molar-refractivity contribution in [1.29, 1.82) is 0 Å². The minimum atomic E-state index is -0.939. The van der Waals surface area contributed by atoms with Gasteiger partial charge < -0.3 is 15.0 Å². The second-order valence-electron chi connectivity index (χ2n) is 6.58. The average molecular weight is 385 g/mol. The van der Waals surface area contributed by atoms with Crippen molar-refractivity contribution >= 4 is 28.3 Å². The molecule has 1 aromatic heterocycles. The molecule has 144 valence electrons. The first kappa shape index (κ1) is 18.4. The highest BCUT2D eigenvalue weighted by molar-refractivity contribution is 6.04. The third-order valence-electron chi connectivity index (χ3n) is 4.59. The fraction of sp³-hybridized carbons (Fsp3) is 0.0870. The maximum absolute atomic E-state index is 12.5. The molecule has 29 heavy (non-hydrogen) atoms. The monoisotopic (exact) mass is 385 g/mol. The van der Waals surface area contributed by atoms with E-state index in [1.807, 2.05) is 42.5 Å². The first-order valence-electron chi connectivity index (χ1n) is 9.21. The van der Waals surface area contributed by atoms with E-state index < -0.39 is 12.1 Å². The SMILES string of the molecule is CC(OC(=O)c1ccc(-c2ncc[nH]2)cc1)C(=O)Nc1cccc2ccccc12. The number of hydrogen-bond acceptors (Lipinski definition) is 4. The highest BCUT2D eigenvalue weighted by atomic mass is 16.5. The van der Waals surface area contributed by atoms with Gasteiger partial charge in [-0.25, -0.2) is 9.78 Å². The fourth-order valence-corrected chi connectivity index (χ4v) is 3.04. The third kappa shape index (κ3) is 4.01. The molecule has 0 spiro atoms. The first-order chi connectivity index (χ1) is 14.1. The number of H-pyrrole nitrogens is 1. The van der Waals surface area contributed by atoms with Crippen LogP contribution in [-0.2, 0) is 9.53 Å². The minimum absolute atomic E-state index is 0.366. The number of carbonyl (C=O) groups is 2. The molecule has 1 heterocycles. The van der Waals surface area contributed by atoms with Crippen molar-refractivity contribution in [3.63, 3.8) is 0 Å². The lowest BCUT2D eigenvalue weighted by Gasteiger charge is -2.15. The normalized spacial score (nSPS) is 11.8. The van der Waals surface area contributed by atoms with Crippen molar-refractivity contribution in [1.82, 2.24) is 9.97 Å². The molecule has 2 N–H and O–H groups in total. The van der Waals surface area contributed by atoms with E-state index >= 15 is 0 Å². The number of carbonyl (C=O) groups excluding carboxylic acids is 2. The summed E-state index contributed by atoms with van der Waals surface area (Å²) < 4.78 is 5.34. The Kier molecular flexibility index (Phi) is 5.07. The Hall–Kier alpha value is -3.93. The zero-order valence-electron chi connectivity index (χ0n) is 15.8. The maximum atomic E-state index is 12.5. The van der Waals surface area contributed by atoms with Gasteiger partial charge in [0.05, 0.1) is 5.56 Å². The highest BCUT2D eigenvalue weighted by Crippen LogP contribution is 2.23. The molecule has 0 aliphatic rings. The molecule has 0 radical (unpaired) electrons. The molecule has 0 saturated carbocycles. The van der Waals surface area contributed by atoms with Crippen LogP contribution in [0.15, 0.2) is 79.1 Å². The van der Waals surface area contributed by atoms with Crippen molar-refractivity contribution in [2.24, 2.45) is 0 Å². The summed E-state index contributed by atoms with van der Waals surface area (Å²) in [5.41, 5.74) is 1.90. The van der Waals surface area contributed by atoms with Crippen LogP contribution in [-0.4, -0.2) is 27.9 Å². The molecule has 3 aromatic carbocycles. The number of nitrogens with zero attached hydrogens (tertiary/aromatic N) is 1. The molecule has 1 amide bonds. The van der Waals surface area contributed by atoms with Gasteiger partial charge in [0, 0.05) is 29.0 Å². The molecular formula is C23H19N3O3. The molecule has 1 atom stereocenters. The summed E-state index contributed by atoms with van der Waals surface area (Å²) in [5.74, 6) is -0.230. The maximum Gasteiger partial charge on any atom is 0.338 e. The Morgan fingerprint density at radius 3 is 2.52 bits per heavy atom. The quantitative estimate of drug-likeness (QED) is 0.498. The van der Waals surface area contributed by atoms with Crippen LogP contribution in [0.3, 0.4) is 0 Å². The third-order valence-corrected chi connectivity index (χ3v) is 4.59. The Morgan fingerprint density at radius 2 is 1.76 bits per heavy atom. The highest BCUT2D eigenvalue weighted by Gasteiger charge is 2.19. The van der Waals surface area contributed by atoms with Crippen LogP contribution in [0.5, 0.6) is 0 Å². The Balaban J connectivity index is 1.42. The number of esters is 1. The summed E-state index contributed by atoms with van der Waals surface area (Å²) in [6.07, 6.45) is 2.45. The molecule has 6 nitrogen and oxygen atoms in total. The van der Waals surface area contributed by atoms with Crippen molar-refractivity contribution in [3.05, 3.63) is 84.7 Å². The van der Waals surface area contributed by atoms with Gasteiger partial charge in [0.15, 0.2) is 6.10 Å². The van der Waals surface area contributed by atoms with Crippen molar-refractivity contribution in [2.75, 3.05) is 5.32 Å². The van der Waals surface area contributed by atoms with Gasteiger partial charge in [0.2, 0.25) is 0 Å². The molecule has 1 unspecified atom stereocenters. The molecule has 4 rings (SSSR count). The number of amides is 1. The summed E-state index contributed by atoms with van der Waals surface area (Å²) in [7, 11) is 0. The van der Waals surface area contributed by atoms with Crippen LogP contribution in [0.2, 0.25) is 0 Å². The van der Waals surface area contributed by atoms with Gasteiger partial charge in [0.25, 0.3) is 5.91 Å². The molecule has 4 aromatic rings. The van der Waals surface area contributed by atoms with E-state index in [2.05, 4.69) is 15.3 Å². The molecular weight excluding hydrogens is 366 g/mol. The second kappa shape index (κ2) is 7.98.